The Morgan fingerprint density at radius 1 is 1.19 bits per heavy atom. The summed E-state index contributed by atoms with van der Waals surface area (Å²) in [6, 6.07) is 10.0. The van der Waals surface area contributed by atoms with Crippen LogP contribution in [0.4, 0.5) is 4.39 Å². The predicted octanol–water partition coefficient (Wildman–Crippen LogP) is 3.05. The van der Waals surface area contributed by atoms with Crippen molar-refractivity contribution >= 4 is 0 Å². The maximum absolute atomic E-state index is 12.7. The first-order valence-electron chi connectivity index (χ1n) is 5.29. The maximum Gasteiger partial charge on any atom is 0.123 e. The highest BCUT2D eigenvalue weighted by Crippen LogP contribution is 2.17. The van der Waals surface area contributed by atoms with E-state index in [-0.39, 0.29) is 11.9 Å². The second-order valence-electron chi connectivity index (χ2n) is 3.78. The molecule has 2 nitrogen and oxygen atoms in total. The summed E-state index contributed by atoms with van der Waals surface area (Å²) >= 11 is 0. The van der Waals surface area contributed by atoms with E-state index < -0.39 is 0 Å². The van der Waals surface area contributed by atoms with Gasteiger partial charge in [0.15, 0.2) is 0 Å². The molecule has 2 N–H and O–H groups in total. The van der Waals surface area contributed by atoms with Crippen LogP contribution in [0.2, 0.25) is 0 Å². The van der Waals surface area contributed by atoms with Crippen LogP contribution in [-0.2, 0) is 6.42 Å². The third kappa shape index (κ3) is 2.70. The monoisotopic (exact) mass is 219 g/mol. The van der Waals surface area contributed by atoms with Gasteiger partial charge in [-0.25, -0.2) is 4.39 Å². The second kappa shape index (κ2) is 4.94. The zero-order chi connectivity index (χ0) is 11.4. The lowest BCUT2D eigenvalue weighted by molar-refractivity contribution is 0.488. The average molecular weight is 219 g/mol. The molecule has 0 amide bonds. The van der Waals surface area contributed by atoms with Crippen molar-refractivity contribution in [3.63, 3.8) is 0 Å². The van der Waals surface area contributed by atoms with Gasteiger partial charge in [0.05, 0.1) is 6.26 Å². The van der Waals surface area contributed by atoms with Crippen LogP contribution in [0.25, 0.3) is 0 Å². The van der Waals surface area contributed by atoms with Gasteiger partial charge in [0.25, 0.3) is 0 Å². The lowest BCUT2D eigenvalue weighted by Gasteiger charge is -2.10. The molecule has 16 heavy (non-hydrogen) atoms. The molecule has 3 heteroatoms. The summed E-state index contributed by atoms with van der Waals surface area (Å²) in [6.45, 7) is 0. The summed E-state index contributed by atoms with van der Waals surface area (Å²) in [5.41, 5.74) is 6.95. The van der Waals surface area contributed by atoms with E-state index in [2.05, 4.69) is 0 Å². The van der Waals surface area contributed by atoms with Crippen molar-refractivity contribution in [2.75, 3.05) is 0 Å². The number of benzene rings is 1. The van der Waals surface area contributed by atoms with Crippen LogP contribution in [0.5, 0.6) is 0 Å². The van der Waals surface area contributed by atoms with E-state index in [0.717, 1.165) is 24.2 Å². The van der Waals surface area contributed by atoms with Gasteiger partial charge in [0.1, 0.15) is 11.6 Å². The van der Waals surface area contributed by atoms with E-state index >= 15 is 0 Å². The first kappa shape index (κ1) is 10.9. The first-order chi connectivity index (χ1) is 7.75. The molecule has 2 aromatic rings. The minimum absolute atomic E-state index is 0.0781. The van der Waals surface area contributed by atoms with E-state index in [1.165, 1.54) is 12.1 Å². The Kier molecular flexibility index (Phi) is 3.37. The van der Waals surface area contributed by atoms with Gasteiger partial charge in [-0.2, -0.15) is 0 Å². The molecule has 1 aromatic carbocycles. The van der Waals surface area contributed by atoms with Gasteiger partial charge in [-0.05, 0) is 36.2 Å². The number of furan rings is 1. The molecule has 0 bridgehead atoms. The molecule has 1 atom stereocenters. The molecule has 0 aliphatic heterocycles. The molecule has 84 valence electrons. The first-order valence-corrected chi connectivity index (χ1v) is 5.29. The van der Waals surface area contributed by atoms with Crippen LogP contribution in [0.3, 0.4) is 0 Å². The predicted molar refractivity (Wildman–Crippen MR) is 60.4 cm³/mol. The Hall–Kier alpha value is -1.61. The van der Waals surface area contributed by atoms with Gasteiger partial charge in [0.2, 0.25) is 0 Å². The smallest absolute Gasteiger partial charge is 0.123 e. The molecule has 2 rings (SSSR count). The number of hydrogen-bond donors (Lipinski definition) is 1. The molecular weight excluding hydrogens is 205 g/mol. The molecule has 1 heterocycles. The second-order valence-corrected chi connectivity index (χ2v) is 3.78. The Labute approximate surface area is 93.9 Å². The molecule has 1 unspecified atom stereocenters. The Balaban J connectivity index is 1.93. The molecular formula is C13H14FNO. The van der Waals surface area contributed by atoms with Crippen molar-refractivity contribution in [1.82, 2.24) is 0 Å². The lowest BCUT2D eigenvalue weighted by Crippen LogP contribution is -2.11. The summed E-state index contributed by atoms with van der Waals surface area (Å²) in [5.74, 6) is 0.694. The van der Waals surface area contributed by atoms with E-state index in [1.54, 1.807) is 18.4 Å². The molecule has 0 saturated heterocycles. The summed E-state index contributed by atoms with van der Waals surface area (Å²) in [6.07, 6.45) is 3.24. The number of aryl methyl sites for hydroxylation is 1. The fraction of sp³-hybridized carbons (Fsp3) is 0.231. The van der Waals surface area contributed by atoms with Crippen molar-refractivity contribution in [1.29, 1.82) is 0 Å². The van der Waals surface area contributed by atoms with Crippen molar-refractivity contribution in [3.8, 4) is 0 Å². The third-order valence-corrected chi connectivity index (χ3v) is 2.58. The quantitative estimate of drug-likeness (QED) is 0.858. The topological polar surface area (TPSA) is 39.2 Å². The SMILES string of the molecule is NC(CCc1ccco1)c1ccc(F)cc1. The Morgan fingerprint density at radius 3 is 2.56 bits per heavy atom. The third-order valence-electron chi connectivity index (χ3n) is 2.58. The number of hydrogen-bond acceptors (Lipinski definition) is 2. The van der Waals surface area contributed by atoms with Crippen LogP contribution >= 0.6 is 0 Å². The van der Waals surface area contributed by atoms with E-state index in [1.807, 2.05) is 12.1 Å². The zero-order valence-corrected chi connectivity index (χ0v) is 8.90. The molecule has 0 fully saturated rings. The van der Waals surface area contributed by atoms with Crippen LogP contribution in [0, 0.1) is 5.82 Å². The van der Waals surface area contributed by atoms with Gasteiger partial charge in [-0.3, -0.25) is 0 Å². The highest BCUT2D eigenvalue weighted by atomic mass is 19.1. The number of rotatable bonds is 4. The Morgan fingerprint density at radius 2 is 1.94 bits per heavy atom. The molecule has 0 saturated carbocycles. The minimum Gasteiger partial charge on any atom is -0.469 e. The standard InChI is InChI=1S/C13H14FNO/c14-11-5-3-10(4-6-11)13(15)8-7-12-2-1-9-16-12/h1-6,9,13H,7-8,15H2. The summed E-state index contributed by atoms with van der Waals surface area (Å²) in [4.78, 5) is 0. The van der Waals surface area contributed by atoms with Crippen molar-refractivity contribution in [3.05, 3.63) is 59.8 Å². The van der Waals surface area contributed by atoms with Gasteiger partial charge in [0, 0.05) is 12.5 Å². The highest BCUT2D eigenvalue weighted by Gasteiger charge is 2.07. The van der Waals surface area contributed by atoms with Gasteiger partial charge in [-0.1, -0.05) is 12.1 Å². The van der Waals surface area contributed by atoms with Gasteiger partial charge < -0.3 is 10.2 Å². The molecule has 0 spiro atoms. The van der Waals surface area contributed by atoms with Crippen LogP contribution in [-0.4, -0.2) is 0 Å². The molecule has 0 radical (unpaired) electrons. The molecule has 0 aliphatic carbocycles. The fourth-order valence-electron chi connectivity index (χ4n) is 1.63. The van der Waals surface area contributed by atoms with Crippen LogP contribution in [0.15, 0.2) is 47.1 Å². The molecule has 1 aromatic heterocycles. The van der Waals surface area contributed by atoms with Gasteiger partial charge in [-0.15, -0.1) is 0 Å². The summed E-state index contributed by atoms with van der Waals surface area (Å²) in [5, 5.41) is 0. The molecule has 0 aliphatic rings. The number of nitrogens with two attached hydrogens (primary N) is 1. The van der Waals surface area contributed by atoms with Crippen molar-refractivity contribution < 1.29 is 8.81 Å². The minimum atomic E-state index is -0.234. The van der Waals surface area contributed by atoms with Crippen LogP contribution < -0.4 is 5.73 Å². The normalized spacial score (nSPS) is 12.6. The average Bonchev–Trinajstić information content (AvgIpc) is 2.80. The van der Waals surface area contributed by atoms with Gasteiger partial charge >= 0.3 is 0 Å². The maximum atomic E-state index is 12.7. The van der Waals surface area contributed by atoms with E-state index in [4.69, 9.17) is 10.2 Å². The lowest BCUT2D eigenvalue weighted by atomic mass is 10.0. The number of halogens is 1. The van der Waals surface area contributed by atoms with Crippen molar-refractivity contribution in [2.45, 2.75) is 18.9 Å². The highest BCUT2D eigenvalue weighted by molar-refractivity contribution is 5.19. The van der Waals surface area contributed by atoms with E-state index in [9.17, 15) is 4.39 Å². The largest absolute Gasteiger partial charge is 0.469 e. The Bertz CT molecular complexity index is 422. The van der Waals surface area contributed by atoms with E-state index in [0.29, 0.717) is 0 Å². The summed E-state index contributed by atoms with van der Waals surface area (Å²) in [7, 11) is 0. The van der Waals surface area contributed by atoms with Crippen LogP contribution in [0.1, 0.15) is 23.8 Å². The zero-order valence-electron chi connectivity index (χ0n) is 8.90. The fourth-order valence-corrected chi connectivity index (χ4v) is 1.63. The summed E-state index contributed by atoms with van der Waals surface area (Å²) < 4.78 is 17.9. The van der Waals surface area contributed by atoms with Crippen molar-refractivity contribution in [2.24, 2.45) is 5.73 Å².